The number of piperidine rings is 1. The van der Waals surface area contributed by atoms with E-state index in [1.165, 1.54) is 28.6 Å². The van der Waals surface area contributed by atoms with Crippen molar-refractivity contribution in [3.8, 4) is 5.75 Å². The van der Waals surface area contributed by atoms with Gasteiger partial charge < -0.3 is 19.3 Å². The lowest BCUT2D eigenvalue weighted by atomic mass is 9.89. The van der Waals surface area contributed by atoms with Crippen molar-refractivity contribution in [2.75, 3.05) is 17.8 Å². The largest absolute Gasteiger partial charge is 0.755 e. The Morgan fingerprint density at radius 1 is 1.21 bits per heavy atom. The normalized spacial score (nSPS) is 18.9. The van der Waals surface area contributed by atoms with Gasteiger partial charge >= 0.3 is 6.36 Å². The van der Waals surface area contributed by atoms with E-state index in [1.807, 2.05) is 0 Å². The zero-order chi connectivity index (χ0) is 27.7. The molecule has 10 nitrogen and oxygen atoms in total. The molecule has 1 amide bonds. The van der Waals surface area contributed by atoms with Gasteiger partial charge in [0.1, 0.15) is 17.1 Å². The highest BCUT2D eigenvalue weighted by Crippen LogP contribution is 2.33. The van der Waals surface area contributed by atoms with Crippen LogP contribution >= 0.6 is 0 Å². The van der Waals surface area contributed by atoms with Crippen LogP contribution < -0.4 is 14.8 Å². The van der Waals surface area contributed by atoms with Gasteiger partial charge in [0.15, 0.2) is 0 Å². The maximum Gasteiger partial charge on any atom is 0.573 e. The van der Waals surface area contributed by atoms with Crippen molar-refractivity contribution in [3.63, 3.8) is 0 Å². The fourth-order valence-corrected chi connectivity index (χ4v) is 5.71. The van der Waals surface area contributed by atoms with Crippen LogP contribution in [0, 0.1) is 6.92 Å². The second kappa shape index (κ2) is 10.5. The topological polar surface area (TPSA) is 140 Å². The van der Waals surface area contributed by atoms with Crippen molar-refractivity contribution in [2.45, 2.75) is 31.7 Å². The fourth-order valence-electron chi connectivity index (χ4n) is 4.21. The Hall–Kier alpha value is -3.27. The van der Waals surface area contributed by atoms with Crippen molar-refractivity contribution in [3.05, 3.63) is 64.6 Å². The van der Waals surface area contributed by atoms with E-state index in [-0.39, 0.29) is 37.3 Å². The molecule has 0 saturated carbocycles. The molecule has 4 rings (SSSR count). The van der Waals surface area contributed by atoms with Gasteiger partial charge in [-0.25, -0.2) is 8.42 Å². The third kappa shape index (κ3) is 6.40. The summed E-state index contributed by atoms with van der Waals surface area (Å²) in [6.07, 6.45) is -3.30. The number of amides is 1. The number of nitrogens with one attached hydrogen (secondary N) is 2. The molecule has 2 aromatic carbocycles. The van der Waals surface area contributed by atoms with Crippen molar-refractivity contribution in [1.29, 1.82) is 0 Å². The second-order valence-electron chi connectivity index (χ2n) is 8.68. The van der Waals surface area contributed by atoms with Gasteiger partial charge in [-0.3, -0.25) is 14.0 Å². The number of nitrogens with zero attached hydrogens (tertiary/aromatic N) is 2. The Balaban J connectivity index is 1.45. The highest BCUT2D eigenvalue weighted by atomic mass is 32.2. The molecule has 1 atom stereocenters. The SMILES string of the molecule is Cc1cc(NS(=O)[O-])ccc1C=CS(=O)(=O)N1CCC2(CC1)N=C(c1cccc(OC(F)(F)F)c1)NC2=O. The van der Waals surface area contributed by atoms with Crippen molar-refractivity contribution in [1.82, 2.24) is 9.62 Å². The van der Waals surface area contributed by atoms with E-state index in [9.17, 15) is 35.1 Å². The minimum Gasteiger partial charge on any atom is -0.755 e. The average Bonchev–Trinajstić information content (AvgIpc) is 3.13. The summed E-state index contributed by atoms with van der Waals surface area (Å²) in [5.41, 5.74) is 0.566. The second-order valence-corrected chi connectivity index (χ2v) is 11.2. The zero-order valence-electron chi connectivity index (χ0n) is 19.8. The number of amidine groups is 1. The summed E-state index contributed by atoms with van der Waals surface area (Å²) in [5, 5.41) is 3.64. The molecular weight excluding hydrogens is 549 g/mol. The number of carbonyl (C=O) groups excluding carboxylic acids is 1. The Kier molecular flexibility index (Phi) is 7.65. The number of hydrogen-bond donors (Lipinski definition) is 2. The molecule has 0 bridgehead atoms. The average molecular weight is 572 g/mol. The van der Waals surface area contributed by atoms with Crippen LogP contribution in [0.1, 0.15) is 29.5 Å². The van der Waals surface area contributed by atoms with Crippen molar-refractivity contribution in [2.24, 2.45) is 4.99 Å². The predicted molar refractivity (Wildman–Crippen MR) is 133 cm³/mol. The number of ether oxygens (including phenoxy) is 1. The molecule has 2 heterocycles. The molecule has 2 aromatic rings. The fraction of sp³-hybridized carbons (Fsp3) is 0.304. The monoisotopic (exact) mass is 571 g/mol. The van der Waals surface area contributed by atoms with E-state index in [1.54, 1.807) is 19.1 Å². The van der Waals surface area contributed by atoms with Gasteiger partial charge in [0, 0.05) is 41.0 Å². The van der Waals surface area contributed by atoms with E-state index in [0.29, 0.717) is 16.8 Å². The minimum absolute atomic E-state index is 0.00521. The number of hydrogen-bond acceptors (Lipinski definition) is 7. The van der Waals surface area contributed by atoms with Gasteiger partial charge in [0.25, 0.3) is 5.91 Å². The summed E-state index contributed by atoms with van der Waals surface area (Å²) in [4.78, 5) is 17.2. The lowest BCUT2D eigenvalue weighted by Crippen LogP contribution is -2.50. The maximum absolute atomic E-state index is 12.9. The van der Waals surface area contributed by atoms with Crippen molar-refractivity contribution < 1.29 is 39.9 Å². The first-order valence-electron chi connectivity index (χ1n) is 11.2. The molecule has 1 spiro atoms. The summed E-state index contributed by atoms with van der Waals surface area (Å²) in [5.74, 6) is -0.819. The van der Waals surface area contributed by atoms with Crippen LogP contribution in [0.2, 0.25) is 0 Å². The quantitative estimate of drug-likeness (QED) is 0.490. The summed E-state index contributed by atoms with van der Waals surface area (Å²) < 4.78 is 92.4. The van der Waals surface area contributed by atoms with Crippen LogP contribution in [0.3, 0.4) is 0 Å². The van der Waals surface area contributed by atoms with Gasteiger partial charge in [-0.05, 0) is 61.2 Å². The van der Waals surface area contributed by atoms with Crippen molar-refractivity contribution >= 4 is 44.8 Å². The number of alkyl halides is 3. The summed E-state index contributed by atoms with van der Waals surface area (Å²) in [6.45, 7) is 1.71. The molecule has 2 N–H and O–H groups in total. The van der Waals surface area contributed by atoms with Crippen LogP contribution in [0.15, 0.2) is 52.9 Å². The smallest absolute Gasteiger partial charge is 0.573 e. The Morgan fingerprint density at radius 3 is 2.55 bits per heavy atom. The highest BCUT2D eigenvalue weighted by Gasteiger charge is 2.47. The minimum atomic E-state index is -4.87. The third-order valence-electron chi connectivity index (χ3n) is 6.12. The van der Waals surface area contributed by atoms with E-state index < -0.39 is 44.8 Å². The molecule has 15 heteroatoms. The standard InChI is InChI=1S/C23H23F3N4O6S2/c1-15-13-18(29-37(32)33)6-5-16(15)7-12-38(34,35)30-10-8-22(9-11-30)21(31)27-20(28-22)17-3-2-4-19(14-17)36-23(24,25)26/h2-7,12-14,29H,8-11H2,1H3,(H,32,33)(H,27,28,31)/p-1. The third-order valence-corrected chi connectivity index (χ3v) is 8.09. The first-order chi connectivity index (χ1) is 17.8. The van der Waals surface area contributed by atoms with Crippen LogP contribution in [0.25, 0.3) is 6.08 Å². The van der Waals surface area contributed by atoms with E-state index in [4.69, 9.17) is 0 Å². The molecule has 1 unspecified atom stereocenters. The molecule has 0 radical (unpaired) electrons. The maximum atomic E-state index is 12.9. The number of benzene rings is 2. The van der Waals surface area contributed by atoms with Gasteiger partial charge in [0.05, 0.1) is 0 Å². The molecule has 0 aliphatic carbocycles. The Morgan fingerprint density at radius 2 is 1.92 bits per heavy atom. The molecule has 2 aliphatic heterocycles. The molecule has 204 valence electrons. The summed E-state index contributed by atoms with van der Waals surface area (Å²) >= 11 is -2.48. The molecule has 1 saturated heterocycles. The molecule has 2 aliphatic rings. The van der Waals surface area contributed by atoms with Gasteiger partial charge in [0.2, 0.25) is 10.0 Å². The first-order valence-corrected chi connectivity index (χ1v) is 13.8. The number of carbonyl (C=O) groups is 1. The van der Waals surface area contributed by atoms with Crippen LogP contribution in [-0.4, -0.2) is 58.2 Å². The predicted octanol–water partition coefficient (Wildman–Crippen LogP) is 2.81. The number of anilines is 1. The Bertz CT molecular complexity index is 1430. The van der Waals surface area contributed by atoms with Gasteiger partial charge in [-0.1, -0.05) is 18.2 Å². The Labute approximate surface area is 219 Å². The zero-order valence-corrected chi connectivity index (χ0v) is 21.5. The molecule has 1 fully saturated rings. The number of rotatable bonds is 7. The van der Waals surface area contributed by atoms with Gasteiger partial charge in [-0.15, -0.1) is 13.2 Å². The summed E-state index contributed by atoms with van der Waals surface area (Å²) in [7, 11) is -3.84. The number of sulfonamides is 1. The number of aliphatic imine (C=N–C) groups is 1. The van der Waals surface area contributed by atoms with E-state index >= 15 is 0 Å². The van der Waals surface area contributed by atoms with Crippen LogP contribution in [-0.2, 0) is 26.1 Å². The van der Waals surface area contributed by atoms with E-state index in [0.717, 1.165) is 17.5 Å². The number of halogens is 3. The lowest BCUT2D eigenvalue weighted by molar-refractivity contribution is -0.274. The van der Waals surface area contributed by atoms with Gasteiger partial charge in [-0.2, -0.15) is 4.31 Å². The molecular formula is C23H22F3N4O6S2-. The summed E-state index contributed by atoms with van der Waals surface area (Å²) in [6, 6.07) is 9.70. The number of aryl methyl sites for hydroxylation is 1. The molecule has 38 heavy (non-hydrogen) atoms. The van der Waals surface area contributed by atoms with Crippen LogP contribution in [0.5, 0.6) is 5.75 Å². The lowest BCUT2D eigenvalue weighted by Gasteiger charge is -2.34. The molecule has 0 aromatic heterocycles. The van der Waals surface area contributed by atoms with E-state index in [2.05, 4.69) is 19.8 Å². The highest BCUT2D eigenvalue weighted by molar-refractivity contribution is 7.92. The first kappa shape index (κ1) is 27.8. The van der Waals surface area contributed by atoms with Crippen LogP contribution in [0.4, 0.5) is 18.9 Å².